The zero-order chi connectivity index (χ0) is 39.2. The number of benzene rings is 3. The molecule has 0 radical (unpaired) electrons. The van der Waals surface area contributed by atoms with E-state index in [0.717, 1.165) is 6.07 Å². The van der Waals surface area contributed by atoms with Crippen molar-refractivity contribution in [2.24, 2.45) is 5.41 Å². The number of nitrogens with zero attached hydrogens (tertiary/aromatic N) is 1. The van der Waals surface area contributed by atoms with Gasteiger partial charge < -0.3 is 34.9 Å². The molecular formula is C39H42Cl2F2N4O7. The molecule has 54 heavy (non-hydrogen) atoms. The fraction of sp³-hybridized carbons (Fsp3) is 0.436. The molecule has 0 bridgehead atoms. The third-order valence-corrected chi connectivity index (χ3v) is 10.0. The van der Waals surface area contributed by atoms with Gasteiger partial charge in [0.2, 0.25) is 5.91 Å². The molecule has 15 heteroatoms. The Hall–Kier alpha value is -4.48. The second kappa shape index (κ2) is 17.3. The number of amides is 2. The van der Waals surface area contributed by atoms with Crippen molar-refractivity contribution in [3.8, 4) is 11.8 Å². The maximum Gasteiger partial charge on any atom is 0.407 e. The Bertz CT molecular complexity index is 1910. The van der Waals surface area contributed by atoms with E-state index in [2.05, 4.69) is 22.0 Å². The van der Waals surface area contributed by atoms with E-state index in [1.807, 2.05) is 20.8 Å². The van der Waals surface area contributed by atoms with Gasteiger partial charge in [-0.3, -0.25) is 4.79 Å². The summed E-state index contributed by atoms with van der Waals surface area (Å²) in [5.74, 6) is -4.25. The van der Waals surface area contributed by atoms with E-state index in [4.69, 9.17) is 42.1 Å². The van der Waals surface area contributed by atoms with Crippen molar-refractivity contribution < 1.29 is 42.1 Å². The molecule has 288 valence electrons. The van der Waals surface area contributed by atoms with Crippen molar-refractivity contribution >= 4 is 46.9 Å². The van der Waals surface area contributed by atoms with Gasteiger partial charge in [0.1, 0.15) is 36.0 Å². The SMILES string of the molecule is COc1cc(C(=O)OCCOC(=O)NC2CCOCC2)ccc1NC(=O)[C@@H]1N[C@@H](CC(C)(C)C)[C@](C#N)(c2ccc(Cl)cc2F)[C@H]1c1cccc(Cl)c1F. The average Bonchev–Trinajstić information content (AvgIpc) is 3.44. The van der Waals surface area contributed by atoms with Crippen molar-refractivity contribution in [2.75, 3.05) is 38.9 Å². The van der Waals surface area contributed by atoms with Crippen LogP contribution in [0, 0.1) is 28.4 Å². The molecule has 2 heterocycles. The third kappa shape index (κ3) is 9.06. The first-order valence-electron chi connectivity index (χ1n) is 17.4. The van der Waals surface area contributed by atoms with Gasteiger partial charge in [0.25, 0.3) is 0 Å². The molecule has 2 fully saturated rings. The number of nitriles is 1. The Morgan fingerprint density at radius 3 is 2.43 bits per heavy atom. The van der Waals surface area contributed by atoms with E-state index < -0.39 is 58.4 Å². The van der Waals surface area contributed by atoms with E-state index in [9.17, 15) is 19.6 Å². The highest BCUT2D eigenvalue weighted by atomic mass is 35.5. The second-order valence-corrected chi connectivity index (χ2v) is 15.2. The first-order chi connectivity index (χ1) is 25.7. The number of methoxy groups -OCH3 is 1. The topological polar surface area (TPSA) is 148 Å². The summed E-state index contributed by atoms with van der Waals surface area (Å²) in [6, 6.07) is 12.5. The van der Waals surface area contributed by atoms with E-state index in [-0.39, 0.29) is 63.8 Å². The summed E-state index contributed by atoms with van der Waals surface area (Å²) in [5, 5.41) is 19.7. The van der Waals surface area contributed by atoms with E-state index in [1.54, 1.807) is 0 Å². The molecule has 0 aliphatic carbocycles. The summed E-state index contributed by atoms with van der Waals surface area (Å²) in [5.41, 5.74) is -2.12. The first-order valence-corrected chi connectivity index (χ1v) is 18.2. The lowest BCUT2D eigenvalue weighted by molar-refractivity contribution is -0.118. The zero-order valence-electron chi connectivity index (χ0n) is 30.3. The highest BCUT2D eigenvalue weighted by molar-refractivity contribution is 6.31. The van der Waals surface area contributed by atoms with Crippen molar-refractivity contribution in [2.45, 2.75) is 69.5 Å². The number of hydrogen-bond donors (Lipinski definition) is 3. The number of nitrogens with one attached hydrogen (secondary N) is 3. The Morgan fingerprint density at radius 1 is 1.04 bits per heavy atom. The van der Waals surface area contributed by atoms with Crippen LogP contribution in [0.4, 0.5) is 19.3 Å². The lowest BCUT2D eigenvalue weighted by atomic mass is 9.62. The number of rotatable bonds is 11. The number of esters is 1. The maximum absolute atomic E-state index is 16.0. The smallest absolute Gasteiger partial charge is 0.407 e. The number of carbonyl (C=O) groups excluding carboxylic acids is 3. The predicted molar refractivity (Wildman–Crippen MR) is 198 cm³/mol. The van der Waals surface area contributed by atoms with Crippen molar-refractivity contribution in [3.05, 3.63) is 93.0 Å². The van der Waals surface area contributed by atoms with Crippen LogP contribution in [0.1, 0.15) is 67.4 Å². The molecule has 2 saturated heterocycles. The number of carbonyl (C=O) groups is 3. The molecule has 3 N–H and O–H groups in total. The van der Waals surface area contributed by atoms with Crippen molar-refractivity contribution in [3.63, 3.8) is 0 Å². The van der Waals surface area contributed by atoms with Gasteiger partial charge in [-0.2, -0.15) is 5.26 Å². The van der Waals surface area contributed by atoms with E-state index >= 15 is 8.78 Å². The fourth-order valence-electron chi connectivity index (χ4n) is 7.09. The fourth-order valence-corrected chi connectivity index (χ4v) is 7.43. The Balaban J connectivity index is 1.40. The van der Waals surface area contributed by atoms with Crippen LogP contribution in [0.5, 0.6) is 5.75 Å². The van der Waals surface area contributed by atoms with Crippen LogP contribution in [0.15, 0.2) is 54.6 Å². The van der Waals surface area contributed by atoms with Gasteiger partial charge >= 0.3 is 12.1 Å². The molecule has 4 atom stereocenters. The number of alkyl carbamates (subject to hydrolysis) is 1. The van der Waals surface area contributed by atoms with Crippen LogP contribution >= 0.6 is 23.2 Å². The Kier molecular flexibility index (Phi) is 13.1. The highest BCUT2D eigenvalue weighted by Crippen LogP contribution is 2.53. The molecule has 0 unspecified atom stereocenters. The van der Waals surface area contributed by atoms with Crippen LogP contribution in [0.25, 0.3) is 0 Å². The molecule has 0 spiro atoms. The largest absolute Gasteiger partial charge is 0.495 e. The quantitative estimate of drug-likeness (QED) is 0.135. The molecule has 0 aromatic heterocycles. The number of hydrogen-bond acceptors (Lipinski definition) is 9. The summed E-state index contributed by atoms with van der Waals surface area (Å²) in [6.45, 7) is 6.55. The minimum atomic E-state index is -1.82. The molecule has 3 aromatic carbocycles. The lowest BCUT2D eigenvalue weighted by Gasteiger charge is -2.37. The van der Waals surface area contributed by atoms with Gasteiger partial charge in [-0.05, 0) is 66.6 Å². The van der Waals surface area contributed by atoms with Crippen LogP contribution in [-0.2, 0) is 24.4 Å². The molecule has 2 aliphatic heterocycles. The van der Waals surface area contributed by atoms with Crippen LogP contribution in [0.3, 0.4) is 0 Å². The van der Waals surface area contributed by atoms with Gasteiger partial charge in [0.05, 0.1) is 35.5 Å². The van der Waals surface area contributed by atoms with Gasteiger partial charge in [-0.15, -0.1) is 0 Å². The van der Waals surface area contributed by atoms with Gasteiger partial charge in [0.15, 0.2) is 0 Å². The normalized spacial score (nSPS) is 21.5. The number of anilines is 1. The van der Waals surface area contributed by atoms with Crippen LogP contribution in [-0.4, -0.2) is 69.6 Å². The third-order valence-electron chi connectivity index (χ3n) is 9.52. The monoisotopic (exact) mass is 786 g/mol. The standard InChI is InChI=1S/C39H42Cl2F2N4O7/c1-38(2,3)20-31-39(21-44,26-10-9-23(40)19-28(26)42)32(25-6-5-7-27(41)33(25)43)34(47-31)35(48)46-29-11-8-22(18-30(29)51-4)36(49)53-16-17-54-37(50)45-24-12-14-52-15-13-24/h5-11,18-19,24,31-32,34,47H,12-17,20H2,1-4H3,(H,45,50)(H,46,48)/t31-,32-,34+,39-/m0/s1. The maximum atomic E-state index is 16.0. The molecule has 0 saturated carbocycles. The Labute approximate surface area is 322 Å². The molecular weight excluding hydrogens is 745 g/mol. The zero-order valence-corrected chi connectivity index (χ0v) is 31.8. The molecule has 5 rings (SSSR count). The summed E-state index contributed by atoms with van der Waals surface area (Å²) < 4.78 is 53.1. The summed E-state index contributed by atoms with van der Waals surface area (Å²) in [7, 11) is 1.34. The van der Waals surface area contributed by atoms with E-state index in [0.29, 0.717) is 26.1 Å². The summed E-state index contributed by atoms with van der Waals surface area (Å²) >= 11 is 12.4. The molecule has 2 amide bonds. The van der Waals surface area contributed by atoms with Crippen LogP contribution in [0.2, 0.25) is 10.0 Å². The number of ether oxygens (including phenoxy) is 4. The van der Waals surface area contributed by atoms with Gasteiger partial charge in [-0.25, -0.2) is 18.4 Å². The van der Waals surface area contributed by atoms with Gasteiger partial charge in [-0.1, -0.05) is 62.2 Å². The van der Waals surface area contributed by atoms with Crippen molar-refractivity contribution in [1.29, 1.82) is 5.26 Å². The minimum absolute atomic E-state index is 0.0427. The average molecular weight is 788 g/mol. The van der Waals surface area contributed by atoms with Gasteiger partial charge in [0, 0.05) is 41.8 Å². The summed E-state index contributed by atoms with van der Waals surface area (Å²) in [4.78, 5) is 39.3. The predicted octanol–water partition coefficient (Wildman–Crippen LogP) is 7.30. The van der Waals surface area contributed by atoms with E-state index in [1.165, 1.54) is 55.6 Å². The second-order valence-electron chi connectivity index (χ2n) is 14.4. The number of halogens is 4. The van der Waals surface area contributed by atoms with Crippen LogP contribution < -0.4 is 20.7 Å². The molecule has 3 aromatic rings. The first kappa shape index (κ1) is 40.7. The Morgan fingerprint density at radius 2 is 1.76 bits per heavy atom. The molecule has 2 aliphatic rings. The van der Waals surface area contributed by atoms with Crippen molar-refractivity contribution in [1.82, 2.24) is 10.6 Å². The minimum Gasteiger partial charge on any atom is -0.495 e. The lowest BCUT2D eigenvalue weighted by Crippen LogP contribution is -2.45. The molecule has 11 nitrogen and oxygen atoms in total. The summed E-state index contributed by atoms with van der Waals surface area (Å²) in [6.07, 6.45) is 1.04. The highest BCUT2D eigenvalue weighted by Gasteiger charge is 2.61.